The van der Waals surface area contributed by atoms with E-state index in [4.69, 9.17) is 9.47 Å². The van der Waals surface area contributed by atoms with Crippen molar-refractivity contribution in [2.24, 2.45) is 0 Å². The molecule has 0 saturated heterocycles. The smallest absolute Gasteiger partial charge is 0.231 e. The van der Waals surface area contributed by atoms with Crippen LogP contribution in [-0.4, -0.2) is 33.5 Å². The number of hydrogen-bond donors (Lipinski definition) is 1. The molecule has 0 amide bonds. The molecule has 1 saturated carbocycles. The number of ether oxygens (including phenoxy) is 2. The lowest BCUT2D eigenvalue weighted by molar-refractivity contribution is 0.174. The van der Waals surface area contributed by atoms with E-state index in [1.807, 2.05) is 22.9 Å². The van der Waals surface area contributed by atoms with Crippen LogP contribution in [0.2, 0.25) is 0 Å². The van der Waals surface area contributed by atoms with Crippen LogP contribution >= 0.6 is 0 Å². The van der Waals surface area contributed by atoms with Crippen molar-refractivity contribution >= 4 is 0 Å². The van der Waals surface area contributed by atoms with Crippen molar-refractivity contribution in [3.8, 4) is 17.2 Å². The predicted octanol–water partition coefficient (Wildman–Crippen LogP) is 2.55. The van der Waals surface area contributed by atoms with E-state index in [1.54, 1.807) is 0 Å². The Morgan fingerprint density at radius 2 is 2.00 bits per heavy atom. The number of hydrogen-bond acceptors (Lipinski definition) is 6. The Hall–Kier alpha value is -2.15. The summed E-state index contributed by atoms with van der Waals surface area (Å²) in [5.41, 5.74) is 0.760. The zero-order valence-electron chi connectivity index (χ0n) is 14.0. The fourth-order valence-corrected chi connectivity index (χ4v) is 3.68. The number of rotatable bonds is 5. The number of nitrogens with zero attached hydrogens (tertiary/aromatic N) is 4. The van der Waals surface area contributed by atoms with E-state index in [-0.39, 0.29) is 12.3 Å². The van der Waals surface area contributed by atoms with Crippen molar-refractivity contribution < 1.29 is 9.47 Å². The first kappa shape index (κ1) is 15.4. The normalized spacial score (nSPS) is 18.7. The van der Waals surface area contributed by atoms with Gasteiger partial charge in [0.1, 0.15) is 0 Å². The highest BCUT2D eigenvalue weighted by atomic mass is 16.7. The molecule has 0 atom stereocenters. The quantitative estimate of drug-likeness (QED) is 0.909. The van der Waals surface area contributed by atoms with E-state index in [1.165, 1.54) is 19.3 Å². The van der Waals surface area contributed by atoms with Crippen molar-refractivity contribution in [1.82, 2.24) is 25.5 Å². The highest BCUT2D eigenvalue weighted by molar-refractivity contribution is 5.50. The van der Waals surface area contributed by atoms with Crippen LogP contribution in [0.15, 0.2) is 18.2 Å². The number of tetrazole rings is 1. The van der Waals surface area contributed by atoms with Gasteiger partial charge in [0.25, 0.3) is 0 Å². The highest BCUT2D eigenvalue weighted by Crippen LogP contribution is 2.38. The molecular weight excluding hydrogens is 306 g/mol. The van der Waals surface area contributed by atoms with Crippen LogP contribution in [0.4, 0.5) is 0 Å². The molecule has 4 rings (SSSR count). The molecule has 1 fully saturated rings. The van der Waals surface area contributed by atoms with Crippen molar-refractivity contribution in [2.75, 3.05) is 13.3 Å². The molecule has 1 N–H and O–H groups in total. The lowest BCUT2D eigenvalue weighted by Gasteiger charge is -2.37. The molecule has 1 aliphatic carbocycles. The Labute approximate surface area is 141 Å². The summed E-state index contributed by atoms with van der Waals surface area (Å²) in [5.74, 6) is 2.41. The largest absolute Gasteiger partial charge is 0.454 e. The standard InChI is InChI=1S/C17H23N5O2/c1-2-10-18-17(8-4-3-5-9-17)16-19-20-21-22(16)13-6-7-14-15(11-13)24-12-23-14/h6-7,11,18H,2-5,8-10,12H2,1H3. The topological polar surface area (TPSA) is 74.1 Å². The van der Waals surface area contributed by atoms with Crippen LogP contribution in [0.3, 0.4) is 0 Å². The molecule has 1 aromatic carbocycles. The molecule has 2 aliphatic rings. The summed E-state index contributed by atoms with van der Waals surface area (Å²) in [6.07, 6.45) is 6.90. The third kappa shape index (κ3) is 2.62. The summed E-state index contributed by atoms with van der Waals surface area (Å²) in [6.45, 7) is 3.42. The van der Waals surface area contributed by atoms with Crippen LogP contribution < -0.4 is 14.8 Å². The van der Waals surface area contributed by atoms with Gasteiger partial charge in [-0.25, -0.2) is 0 Å². The minimum atomic E-state index is -0.145. The summed E-state index contributed by atoms with van der Waals surface area (Å²) in [4.78, 5) is 0. The van der Waals surface area contributed by atoms with E-state index in [9.17, 15) is 0 Å². The van der Waals surface area contributed by atoms with E-state index in [0.29, 0.717) is 0 Å². The molecule has 2 heterocycles. The van der Waals surface area contributed by atoms with Crippen molar-refractivity contribution in [1.29, 1.82) is 0 Å². The van der Waals surface area contributed by atoms with Gasteiger partial charge in [0, 0.05) is 6.07 Å². The van der Waals surface area contributed by atoms with Gasteiger partial charge in [-0.3, -0.25) is 0 Å². The van der Waals surface area contributed by atoms with Crippen molar-refractivity contribution in [3.05, 3.63) is 24.0 Å². The average molecular weight is 329 g/mol. The van der Waals surface area contributed by atoms with Crippen molar-refractivity contribution in [2.45, 2.75) is 51.0 Å². The molecule has 1 aliphatic heterocycles. The first-order valence-electron chi connectivity index (χ1n) is 8.76. The van der Waals surface area contributed by atoms with Gasteiger partial charge in [-0.05, 0) is 48.4 Å². The third-order valence-electron chi connectivity index (χ3n) is 4.92. The lowest BCUT2D eigenvalue weighted by atomic mass is 9.80. The minimum Gasteiger partial charge on any atom is -0.454 e. The Balaban J connectivity index is 1.72. The first-order chi connectivity index (χ1) is 11.8. The minimum absolute atomic E-state index is 0.145. The predicted molar refractivity (Wildman–Crippen MR) is 88.3 cm³/mol. The summed E-state index contributed by atoms with van der Waals surface area (Å²) in [5, 5.41) is 16.4. The summed E-state index contributed by atoms with van der Waals surface area (Å²) in [6, 6.07) is 5.83. The van der Waals surface area contributed by atoms with Gasteiger partial charge in [-0.1, -0.05) is 26.2 Å². The molecule has 0 unspecified atom stereocenters. The van der Waals surface area contributed by atoms with E-state index < -0.39 is 0 Å². The molecule has 0 radical (unpaired) electrons. The number of fused-ring (bicyclic) bond motifs is 1. The second kappa shape index (κ2) is 6.39. The second-order valence-electron chi connectivity index (χ2n) is 6.52. The monoisotopic (exact) mass is 329 g/mol. The Morgan fingerprint density at radius 3 is 2.83 bits per heavy atom. The summed E-state index contributed by atoms with van der Waals surface area (Å²) in [7, 11) is 0. The molecule has 1 aromatic heterocycles. The van der Waals surface area contributed by atoms with Crippen LogP contribution in [-0.2, 0) is 5.54 Å². The number of nitrogens with one attached hydrogen (secondary N) is 1. The molecule has 0 bridgehead atoms. The maximum Gasteiger partial charge on any atom is 0.231 e. The van der Waals surface area contributed by atoms with Gasteiger partial charge in [-0.2, -0.15) is 4.68 Å². The van der Waals surface area contributed by atoms with E-state index in [0.717, 1.165) is 48.8 Å². The first-order valence-corrected chi connectivity index (χ1v) is 8.76. The fourth-order valence-electron chi connectivity index (χ4n) is 3.68. The summed E-state index contributed by atoms with van der Waals surface area (Å²) >= 11 is 0. The number of benzene rings is 1. The summed E-state index contributed by atoms with van der Waals surface area (Å²) < 4.78 is 12.7. The van der Waals surface area contributed by atoms with Crippen LogP contribution in [0.5, 0.6) is 11.5 Å². The molecule has 7 heteroatoms. The lowest BCUT2D eigenvalue weighted by Crippen LogP contribution is -2.46. The van der Waals surface area contributed by atoms with E-state index >= 15 is 0 Å². The van der Waals surface area contributed by atoms with Gasteiger partial charge in [0.15, 0.2) is 17.3 Å². The Bertz CT molecular complexity index is 709. The fraction of sp³-hybridized carbons (Fsp3) is 0.588. The molecule has 7 nitrogen and oxygen atoms in total. The van der Waals surface area contributed by atoms with Gasteiger partial charge in [-0.15, -0.1) is 5.10 Å². The van der Waals surface area contributed by atoms with Crippen LogP contribution in [0, 0.1) is 0 Å². The van der Waals surface area contributed by atoms with Crippen LogP contribution in [0.25, 0.3) is 5.69 Å². The van der Waals surface area contributed by atoms with Crippen molar-refractivity contribution in [3.63, 3.8) is 0 Å². The maximum atomic E-state index is 5.49. The second-order valence-corrected chi connectivity index (χ2v) is 6.52. The van der Waals surface area contributed by atoms with Gasteiger partial charge in [0.05, 0.1) is 11.2 Å². The van der Waals surface area contributed by atoms with Gasteiger partial charge >= 0.3 is 0 Å². The Morgan fingerprint density at radius 1 is 1.17 bits per heavy atom. The van der Waals surface area contributed by atoms with Gasteiger partial charge in [0.2, 0.25) is 6.79 Å². The molecule has 24 heavy (non-hydrogen) atoms. The van der Waals surface area contributed by atoms with Crippen LogP contribution in [0.1, 0.15) is 51.3 Å². The molecular formula is C17H23N5O2. The van der Waals surface area contributed by atoms with E-state index in [2.05, 4.69) is 27.8 Å². The molecule has 128 valence electrons. The highest BCUT2D eigenvalue weighted by Gasteiger charge is 2.38. The molecule has 0 spiro atoms. The maximum absolute atomic E-state index is 5.49. The SMILES string of the molecule is CCCNC1(c2nnnn2-c2ccc3c(c2)OCO3)CCCCC1. The zero-order valence-corrected chi connectivity index (χ0v) is 14.0. The van der Waals surface area contributed by atoms with Gasteiger partial charge < -0.3 is 14.8 Å². The molecule has 2 aromatic rings. The number of aromatic nitrogens is 4. The average Bonchev–Trinajstić information content (AvgIpc) is 3.29. The Kier molecular flexibility index (Phi) is 4.10. The third-order valence-corrected chi connectivity index (χ3v) is 4.92. The zero-order chi connectivity index (χ0) is 16.4.